The van der Waals surface area contributed by atoms with Crippen LogP contribution in [0.3, 0.4) is 0 Å². The van der Waals surface area contributed by atoms with E-state index in [0.717, 1.165) is 36.3 Å². The van der Waals surface area contributed by atoms with E-state index in [2.05, 4.69) is 34.3 Å². The lowest BCUT2D eigenvalue weighted by Gasteiger charge is -2.33. The fraction of sp³-hybridized carbons (Fsp3) is 0.739. The minimum atomic E-state index is -0.625. The predicted octanol–water partition coefficient (Wildman–Crippen LogP) is 7.21. The van der Waals surface area contributed by atoms with Crippen molar-refractivity contribution in [1.29, 1.82) is 0 Å². The Morgan fingerprint density at radius 3 is 1.48 bits per heavy atom. The number of carbonyl (C=O) groups excluding carboxylic acids is 2. The molecule has 5 atom stereocenters. The summed E-state index contributed by atoms with van der Waals surface area (Å²) in [6.45, 7) is 16.6. The number of ketones is 2. The highest BCUT2D eigenvalue weighted by molar-refractivity contribution is 7.70. The molecule has 2 aliphatic rings. The molecule has 0 radical (unpaired) electrons. The molecule has 2 fully saturated rings. The van der Waals surface area contributed by atoms with Gasteiger partial charge >= 0.3 is 0 Å². The molecular formula is C23H38O2P2. The monoisotopic (exact) mass is 408 g/mol. The molecule has 27 heavy (non-hydrogen) atoms. The Morgan fingerprint density at radius 1 is 0.741 bits per heavy atom. The molecule has 0 aromatic carbocycles. The molecule has 2 saturated heterocycles. The van der Waals surface area contributed by atoms with E-state index in [1.165, 1.54) is 24.8 Å². The van der Waals surface area contributed by atoms with E-state index in [-0.39, 0.29) is 11.6 Å². The number of Topliss-reactive ketones (excluding diaryl/α,β-unsaturated/α-hetero) is 2. The van der Waals surface area contributed by atoms with Crippen molar-refractivity contribution in [1.82, 2.24) is 0 Å². The molecule has 0 aromatic heterocycles. The summed E-state index contributed by atoms with van der Waals surface area (Å²) in [5.41, 5.74) is 3.40. The summed E-state index contributed by atoms with van der Waals surface area (Å²) in [6, 6.07) is 0. The van der Waals surface area contributed by atoms with Crippen LogP contribution in [0.15, 0.2) is 22.8 Å². The second-order valence-corrected chi connectivity index (χ2v) is 13.7. The molecule has 2 heterocycles. The van der Waals surface area contributed by atoms with Crippen LogP contribution in [0.25, 0.3) is 0 Å². The molecule has 0 spiro atoms. The second kappa shape index (κ2) is 9.93. The number of hydrogen-bond donors (Lipinski definition) is 0. The largest absolute Gasteiger partial charge is 0.294 e. The molecule has 1 unspecified atom stereocenters. The summed E-state index contributed by atoms with van der Waals surface area (Å²) in [5, 5.41) is 1.96. The predicted molar refractivity (Wildman–Crippen MR) is 122 cm³/mol. The first-order valence-corrected chi connectivity index (χ1v) is 13.7. The Bertz CT molecular complexity index is 610. The summed E-state index contributed by atoms with van der Waals surface area (Å²) in [5.74, 6) is 0.340. The zero-order chi connectivity index (χ0) is 20.3. The maximum Gasteiger partial charge on any atom is 0.161 e. The minimum absolute atomic E-state index is 0.164. The van der Waals surface area contributed by atoms with Crippen molar-refractivity contribution in [3.63, 3.8) is 0 Å². The van der Waals surface area contributed by atoms with Crippen molar-refractivity contribution in [2.75, 3.05) is 0 Å². The third-order valence-electron chi connectivity index (χ3n) is 6.51. The van der Waals surface area contributed by atoms with E-state index in [4.69, 9.17) is 0 Å². The van der Waals surface area contributed by atoms with Crippen LogP contribution in [0.5, 0.6) is 0 Å². The van der Waals surface area contributed by atoms with Crippen LogP contribution in [0.1, 0.15) is 86.5 Å². The van der Waals surface area contributed by atoms with Crippen LogP contribution in [-0.4, -0.2) is 34.2 Å². The van der Waals surface area contributed by atoms with Gasteiger partial charge in [0.2, 0.25) is 0 Å². The van der Waals surface area contributed by atoms with Gasteiger partial charge in [-0.3, -0.25) is 9.59 Å². The van der Waals surface area contributed by atoms with Gasteiger partial charge in [-0.1, -0.05) is 48.8 Å². The number of carbonyl (C=O) groups is 2. The first-order valence-electron chi connectivity index (χ1n) is 10.8. The van der Waals surface area contributed by atoms with E-state index in [0.29, 0.717) is 22.6 Å². The molecule has 2 nitrogen and oxygen atoms in total. The van der Waals surface area contributed by atoms with Gasteiger partial charge in [0.1, 0.15) is 0 Å². The molecule has 0 amide bonds. The normalized spacial score (nSPS) is 32.4. The fourth-order valence-electron chi connectivity index (χ4n) is 5.18. The summed E-state index contributed by atoms with van der Waals surface area (Å²) in [4.78, 5) is 26.1. The topological polar surface area (TPSA) is 34.1 Å². The average molecular weight is 409 g/mol. The van der Waals surface area contributed by atoms with E-state index in [9.17, 15) is 9.59 Å². The fourth-order valence-corrected chi connectivity index (χ4v) is 13.3. The maximum absolute atomic E-state index is 13.0. The van der Waals surface area contributed by atoms with Gasteiger partial charge in [-0.15, -0.1) is 0 Å². The van der Waals surface area contributed by atoms with Crippen molar-refractivity contribution in [3.05, 3.63) is 22.8 Å². The minimum Gasteiger partial charge on any atom is -0.294 e. The highest BCUT2D eigenvalue weighted by atomic mass is 31.1. The summed E-state index contributed by atoms with van der Waals surface area (Å²) >= 11 is 0. The molecule has 2 aliphatic heterocycles. The van der Waals surface area contributed by atoms with Gasteiger partial charge in [-0.05, 0) is 82.7 Å². The van der Waals surface area contributed by atoms with Gasteiger partial charge in [0.25, 0.3) is 0 Å². The lowest BCUT2D eigenvalue weighted by Crippen LogP contribution is -2.17. The Balaban J connectivity index is 2.68. The Labute approximate surface area is 169 Å². The highest BCUT2D eigenvalue weighted by Gasteiger charge is 2.45. The van der Waals surface area contributed by atoms with Crippen LogP contribution >= 0.6 is 15.8 Å². The lowest BCUT2D eigenvalue weighted by molar-refractivity contribution is -0.115. The van der Waals surface area contributed by atoms with Gasteiger partial charge in [-0.25, -0.2) is 0 Å². The average Bonchev–Trinajstić information content (AvgIpc) is 3.21. The molecule has 0 bridgehead atoms. The molecule has 0 aliphatic carbocycles. The summed E-state index contributed by atoms with van der Waals surface area (Å²) < 4.78 is 0. The van der Waals surface area contributed by atoms with Gasteiger partial charge < -0.3 is 0 Å². The van der Waals surface area contributed by atoms with Gasteiger partial charge in [-0.2, -0.15) is 0 Å². The van der Waals surface area contributed by atoms with Crippen LogP contribution < -0.4 is 0 Å². The van der Waals surface area contributed by atoms with E-state index in [1.807, 2.05) is 0 Å². The Morgan fingerprint density at radius 2 is 1.11 bits per heavy atom. The molecule has 0 N–H and O–H groups in total. The van der Waals surface area contributed by atoms with Crippen molar-refractivity contribution in [3.8, 4) is 0 Å². The third kappa shape index (κ3) is 4.64. The Hall–Kier alpha value is -0.320. The molecule has 0 saturated carbocycles. The smallest absolute Gasteiger partial charge is 0.161 e. The van der Waals surface area contributed by atoms with E-state index < -0.39 is 15.8 Å². The standard InChI is InChI=1S/C23H38O2P2/c1-8-18-11-12-19(9-2)26(18)22(16(6)24)23(17(7)25)27-20(10-3)13-14-21(27)15(4)5/h18-21H,4,8-14H2,1-3,5-7H3/b23-22-/t18-,19-,20+,21-,27?/m0/s1. The highest BCUT2D eigenvalue weighted by Crippen LogP contribution is 2.71. The second-order valence-electron chi connectivity index (χ2n) is 8.33. The quantitative estimate of drug-likeness (QED) is 0.242. The van der Waals surface area contributed by atoms with Crippen molar-refractivity contribution >= 4 is 27.4 Å². The lowest BCUT2D eigenvalue weighted by atomic mass is 10.1. The maximum atomic E-state index is 13.0. The van der Waals surface area contributed by atoms with Crippen molar-refractivity contribution in [2.45, 2.75) is 109 Å². The summed E-state index contributed by atoms with van der Waals surface area (Å²) in [7, 11) is -1.15. The first-order chi connectivity index (χ1) is 12.8. The number of hydrogen-bond acceptors (Lipinski definition) is 2. The molecular weight excluding hydrogens is 370 g/mol. The van der Waals surface area contributed by atoms with Crippen LogP contribution in [-0.2, 0) is 9.59 Å². The van der Waals surface area contributed by atoms with E-state index in [1.54, 1.807) is 13.8 Å². The van der Waals surface area contributed by atoms with E-state index >= 15 is 0 Å². The SMILES string of the molecule is C=C(C)[C@@H]1CC[C@@H](CC)P1/C(C(C)=O)=C(/C(C)=O)P1[C@@H](CC)CC[C@@H]1CC. The number of allylic oxidation sites excluding steroid dienone is 3. The van der Waals surface area contributed by atoms with Gasteiger partial charge in [0.15, 0.2) is 11.6 Å². The van der Waals surface area contributed by atoms with Crippen LogP contribution in [0.4, 0.5) is 0 Å². The van der Waals surface area contributed by atoms with Crippen LogP contribution in [0.2, 0.25) is 0 Å². The van der Waals surface area contributed by atoms with Gasteiger partial charge in [0, 0.05) is 16.3 Å². The Kier molecular flexibility index (Phi) is 8.45. The zero-order valence-electron chi connectivity index (χ0n) is 18.2. The summed E-state index contributed by atoms with van der Waals surface area (Å²) in [6.07, 6.45) is 8.11. The van der Waals surface area contributed by atoms with Crippen molar-refractivity contribution < 1.29 is 9.59 Å². The molecule has 152 valence electrons. The van der Waals surface area contributed by atoms with Crippen LogP contribution in [0, 0.1) is 0 Å². The molecule has 4 heteroatoms. The third-order valence-corrected chi connectivity index (χ3v) is 14.4. The molecule has 0 aromatic rings. The van der Waals surface area contributed by atoms with Crippen molar-refractivity contribution in [2.24, 2.45) is 0 Å². The van der Waals surface area contributed by atoms with Gasteiger partial charge in [0.05, 0.1) is 0 Å². The number of rotatable bonds is 8. The first kappa shape index (κ1) is 23.0. The molecule has 2 rings (SSSR count). The zero-order valence-corrected chi connectivity index (χ0v) is 20.0.